The van der Waals surface area contributed by atoms with Crippen molar-refractivity contribution in [1.29, 1.82) is 0 Å². The average molecular weight is 419 g/mol. The standard InChI is InChI=1S/C26H27O3P/c1-2-3-7-20-24(27)25(26(28)29)30(21-14-8-4-9-15-21,22-16-10-5-11-17-22)23-18-12-6-13-19-23/h4-6,8-19,25H,2-3,7,20H2,1H3/p+1. The highest BCUT2D eigenvalue weighted by atomic mass is 31.2. The van der Waals surface area contributed by atoms with Crippen LogP contribution in [-0.2, 0) is 9.59 Å². The molecular formula is C26H28O3P+. The average Bonchev–Trinajstić information content (AvgIpc) is 2.79. The van der Waals surface area contributed by atoms with Gasteiger partial charge in [-0.2, -0.15) is 0 Å². The molecule has 0 aliphatic heterocycles. The SMILES string of the molecule is CCCCCC(=O)C(C(=O)O)[P+](c1ccccc1)(c1ccccc1)c1ccccc1. The van der Waals surface area contributed by atoms with E-state index < -0.39 is 18.9 Å². The fourth-order valence-electron chi connectivity index (χ4n) is 4.09. The zero-order valence-corrected chi connectivity index (χ0v) is 18.2. The van der Waals surface area contributed by atoms with Crippen LogP contribution in [0.4, 0.5) is 0 Å². The second kappa shape index (κ2) is 10.3. The van der Waals surface area contributed by atoms with Gasteiger partial charge in [-0.1, -0.05) is 74.4 Å². The third-order valence-corrected chi connectivity index (χ3v) is 10.1. The highest BCUT2D eigenvalue weighted by Crippen LogP contribution is 2.60. The van der Waals surface area contributed by atoms with Gasteiger partial charge in [0.15, 0.2) is 5.78 Å². The molecule has 3 nitrogen and oxygen atoms in total. The molecule has 0 saturated heterocycles. The molecule has 0 aliphatic carbocycles. The molecule has 0 saturated carbocycles. The molecule has 0 fully saturated rings. The van der Waals surface area contributed by atoms with Crippen LogP contribution in [0.25, 0.3) is 0 Å². The molecule has 3 aromatic rings. The highest BCUT2D eigenvalue weighted by Gasteiger charge is 2.59. The summed E-state index contributed by atoms with van der Waals surface area (Å²) in [4.78, 5) is 26.2. The number of carboxylic acids is 1. The smallest absolute Gasteiger partial charge is 0.353 e. The first-order valence-electron chi connectivity index (χ1n) is 10.4. The van der Waals surface area contributed by atoms with Gasteiger partial charge >= 0.3 is 5.97 Å². The molecule has 0 spiro atoms. The van der Waals surface area contributed by atoms with Crippen molar-refractivity contribution in [2.45, 2.75) is 38.3 Å². The van der Waals surface area contributed by atoms with Crippen molar-refractivity contribution in [3.8, 4) is 0 Å². The maximum atomic E-state index is 13.5. The summed E-state index contributed by atoms with van der Waals surface area (Å²) in [6.07, 6.45) is 2.92. The summed E-state index contributed by atoms with van der Waals surface area (Å²) in [5.41, 5.74) is -1.11. The predicted molar refractivity (Wildman–Crippen MR) is 126 cm³/mol. The maximum absolute atomic E-state index is 13.5. The monoisotopic (exact) mass is 419 g/mol. The van der Waals surface area contributed by atoms with Gasteiger partial charge in [-0.15, -0.1) is 0 Å². The van der Waals surface area contributed by atoms with Crippen molar-refractivity contribution in [1.82, 2.24) is 0 Å². The van der Waals surface area contributed by atoms with Gasteiger partial charge in [0.2, 0.25) is 5.66 Å². The van der Waals surface area contributed by atoms with Crippen LogP contribution < -0.4 is 15.9 Å². The Morgan fingerprint density at radius 2 is 1.13 bits per heavy atom. The Labute approximate surface area is 179 Å². The topological polar surface area (TPSA) is 54.4 Å². The molecule has 0 aliphatic rings. The Morgan fingerprint density at radius 1 is 0.733 bits per heavy atom. The van der Waals surface area contributed by atoms with Gasteiger partial charge in [-0.3, -0.25) is 4.79 Å². The zero-order valence-electron chi connectivity index (χ0n) is 17.3. The Kier molecular flexibility index (Phi) is 7.54. The van der Waals surface area contributed by atoms with Crippen molar-refractivity contribution in [2.75, 3.05) is 0 Å². The molecule has 0 heterocycles. The number of unbranched alkanes of at least 4 members (excludes halogenated alkanes) is 2. The number of ketones is 1. The number of hydrogen-bond acceptors (Lipinski definition) is 2. The van der Waals surface area contributed by atoms with E-state index in [0.29, 0.717) is 6.42 Å². The molecule has 1 unspecified atom stereocenters. The molecule has 30 heavy (non-hydrogen) atoms. The minimum absolute atomic E-state index is 0.180. The Bertz CT molecular complexity index is 859. The first kappa shape index (κ1) is 21.9. The Hall–Kier alpha value is -2.77. The van der Waals surface area contributed by atoms with Crippen LogP contribution in [0.5, 0.6) is 0 Å². The lowest BCUT2D eigenvalue weighted by atomic mass is 10.1. The van der Waals surface area contributed by atoms with Crippen molar-refractivity contribution in [3.63, 3.8) is 0 Å². The van der Waals surface area contributed by atoms with E-state index in [0.717, 1.165) is 35.2 Å². The third-order valence-electron chi connectivity index (χ3n) is 5.44. The third kappa shape index (κ3) is 4.37. The fourth-order valence-corrected chi connectivity index (χ4v) is 8.70. The summed E-state index contributed by atoms with van der Waals surface area (Å²) in [7, 11) is -2.77. The minimum Gasteiger partial charge on any atom is -0.478 e. The lowest BCUT2D eigenvalue weighted by molar-refractivity contribution is -0.139. The summed E-state index contributed by atoms with van der Waals surface area (Å²) in [6, 6.07) is 29.2. The molecule has 0 amide bonds. The molecule has 154 valence electrons. The molecule has 1 atom stereocenters. The van der Waals surface area contributed by atoms with E-state index in [9.17, 15) is 14.7 Å². The summed E-state index contributed by atoms with van der Waals surface area (Å²) in [6.45, 7) is 2.08. The van der Waals surface area contributed by atoms with Gasteiger partial charge in [0.1, 0.15) is 23.2 Å². The molecule has 0 radical (unpaired) electrons. The molecule has 3 aromatic carbocycles. The number of carbonyl (C=O) groups excluding carboxylic acids is 1. The van der Waals surface area contributed by atoms with Crippen LogP contribution >= 0.6 is 7.26 Å². The summed E-state index contributed by atoms with van der Waals surface area (Å²) in [5.74, 6) is -1.22. The van der Waals surface area contributed by atoms with Crippen molar-refractivity contribution in [2.24, 2.45) is 0 Å². The number of Topliss-reactive ketones (excluding diaryl/α,β-unsaturated/α-hetero) is 1. The first-order chi connectivity index (χ1) is 14.6. The summed E-state index contributed by atoms with van der Waals surface area (Å²) >= 11 is 0. The van der Waals surface area contributed by atoms with Crippen LogP contribution in [0.1, 0.15) is 32.6 Å². The summed E-state index contributed by atoms with van der Waals surface area (Å²) < 4.78 is 0. The van der Waals surface area contributed by atoms with E-state index >= 15 is 0 Å². The van der Waals surface area contributed by atoms with E-state index in [-0.39, 0.29) is 5.78 Å². The largest absolute Gasteiger partial charge is 0.478 e. The normalized spacial score (nSPS) is 12.3. The number of carbonyl (C=O) groups is 2. The van der Waals surface area contributed by atoms with Crippen LogP contribution in [0.3, 0.4) is 0 Å². The van der Waals surface area contributed by atoms with Crippen molar-refractivity contribution < 1.29 is 14.7 Å². The van der Waals surface area contributed by atoms with E-state index in [1.807, 2.05) is 91.0 Å². The van der Waals surface area contributed by atoms with Crippen LogP contribution in [0, 0.1) is 0 Å². The number of rotatable bonds is 10. The van der Waals surface area contributed by atoms with Crippen LogP contribution in [0.2, 0.25) is 0 Å². The number of benzene rings is 3. The van der Waals surface area contributed by atoms with Gasteiger partial charge in [0.25, 0.3) is 0 Å². The van der Waals surface area contributed by atoms with Crippen molar-refractivity contribution in [3.05, 3.63) is 91.0 Å². The quantitative estimate of drug-likeness (QED) is 0.297. The van der Waals surface area contributed by atoms with Gasteiger partial charge < -0.3 is 5.11 Å². The lowest BCUT2D eigenvalue weighted by Gasteiger charge is -2.31. The lowest BCUT2D eigenvalue weighted by Crippen LogP contribution is -2.46. The second-order valence-electron chi connectivity index (χ2n) is 7.39. The fraction of sp³-hybridized carbons (Fsp3) is 0.231. The van der Waals surface area contributed by atoms with E-state index in [4.69, 9.17) is 0 Å². The number of hydrogen-bond donors (Lipinski definition) is 1. The Balaban J connectivity index is 2.32. The van der Waals surface area contributed by atoms with E-state index in [2.05, 4.69) is 6.92 Å². The molecule has 0 bridgehead atoms. The molecular weight excluding hydrogens is 391 g/mol. The molecule has 3 rings (SSSR count). The molecule has 0 aromatic heterocycles. The number of aliphatic carboxylic acids is 1. The van der Waals surface area contributed by atoms with Gasteiger partial charge in [-0.05, 0) is 42.8 Å². The summed E-state index contributed by atoms with van der Waals surface area (Å²) in [5, 5.41) is 13.2. The Morgan fingerprint density at radius 3 is 1.47 bits per heavy atom. The van der Waals surface area contributed by atoms with E-state index in [1.165, 1.54) is 0 Å². The predicted octanol–water partition coefficient (Wildman–Crippen LogP) is 4.58. The van der Waals surface area contributed by atoms with Crippen molar-refractivity contribution >= 4 is 34.9 Å². The van der Waals surface area contributed by atoms with Crippen LogP contribution in [-0.4, -0.2) is 22.5 Å². The van der Waals surface area contributed by atoms with Gasteiger partial charge in [0.05, 0.1) is 0 Å². The molecule has 1 N–H and O–H groups in total. The van der Waals surface area contributed by atoms with Gasteiger partial charge in [0, 0.05) is 6.42 Å². The first-order valence-corrected chi connectivity index (χ1v) is 12.3. The maximum Gasteiger partial charge on any atom is 0.353 e. The second-order valence-corrected chi connectivity index (χ2v) is 10.9. The van der Waals surface area contributed by atoms with Gasteiger partial charge in [-0.25, -0.2) is 4.79 Å². The highest BCUT2D eigenvalue weighted by molar-refractivity contribution is 7.97. The van der Waals surface area contributed by atoms with E-state index in [1.54, 1.807) is 0 Å². The minimum atomic E-state index is -2.77. The molecule has 4 heteroatoms. The van der Waals surface area contributed by atoms with Crippen LogP contribution in [0.15, 0.2) is 91.0 Å². The number of carboxylic acid groups (broad SMARTS) is 1. The zero-order chi connectivity index (χ0) is 21.4.